The van der Waals surface area contributed by atoms with Gasteiger partial charge in [-0.05, 0) is 30.4 Å². The van der Waals surface area contributed by atoms with Crippen LogP contribution in [0.5, 0.6) is 0 Å². The maximum Gasteiger partial charge on any atom is 0.00182 e. The fourth-order valence-electron chi connectivity index (χ4n) is 2.35. The lowest BCUT2D eigenvalue weighted by molar-refractivity contribution is 0.751. The van der Waals surface area contributed by atoms with Crippen LogP contribution in [0.2, 0.25) is 0 Å². The van der Waals surface area contributed by atoms with Crippen molar-refractivity contribution in [2.24, 2.45) is 0 Å². The molecule has 20 heavy (non-hydrogen) atoms. The molecule has 102 valence electrons. The molecule has 0 N–H and O–H groups in total. The second kappa shape index (κ2) is 8.16. The molecule has 1 atom stereocenters. The van der Waals surface area contributed by atoms with E-state index >= 15 is 0 Å². The number of hydrogen-bond donors (Lipinski definition) is 0. The van der Waals surface area contributed by atoms with Crippen LogP contribution in [0.25, 0.3) is 0 Å². The molecule has 0 aliphatic heterocycles. The van der Waals surface area contributed by atoms with Crippen molar-refractivity contribution in [3.8, 4) is 0 Å². The second-order valence-electron chi connectivity index (χ2n) is 4.99. The monoisotopic (exact) mass is 262 g/mol. The van der Waals surface area contributed by atoms with E-state index in [0.29, 0.717) is 5.92 Å². The molecule has 0 amide bonds. The van der Waals surface area contributed by atoms with Crippen LogP contribution in [0.1, 0.15) is 29.9 Å². The highest BCUT2D eigenvalue weighted by atomic mass is 14.1. The zero-order valence-corrected chi connectivity index (χ0v) is 11.9. The number of allylic oxidation sites excluding steroid dienone is 3. The Labute approximate surface area is 122 Å². The summed E-state index contributed by atoms with van der Waals surface area (Å²) < 4.78 is 0. The van der Waals surface area contributed by atoms with E-state index in [-0.39, 0.29) is 0 Å². The first-order valence-corrected chi connectivity index (χ1v) is 7.26. The second-order valence-corrected chi connectivity index (χ2v) is 4.99. The van der Waals surface area contributed by atoms with Gasteiger partial charge in [0.1, 0.15) is 0 Å². The lowest BCUT2D eigenvalue weighted by atomic mass is 9.94. The van der Waals surface area contributed by atoms with Gasteiger partial charge in [0, 0.05) is 5.92 Å². The molecule has 2 aromatic rings. The molecule has 0 aromatic heterocycles. The van der Waals surface area contributed by atoms with E-state index in [4.69, 9.17) is 0 Å². The molecule has 1 unspecified atom stereocenters. The Kier molecular flexibility index (Phi) is 5.85. The lowest BCUT2D eigenvalue weighted by Gasteiger charge is -2.11. The minimum Gasteiger partial charge on any atom is -0.102 e. The Bertz CT molecular complexity index is 522. The van der Waals surface area contributed by atoms with Gasteiger partial charge in [0.25, 0.3) is 0 Å². The van der Waals surface area contributed by atoms with E-state index in [0.717, 1.165) is 19.3 Å². The molecule has 0 heteroatoms. The third-order valence-electron chi connectivity index (χ3n) is 3.52. The van der Waals surface area contributed by atoms with Gasteiger partial charge in [-0.15, -0.1) is 6.58 Å². The Hall–Kier alpha value is -2.08. The third-order valence-corrected chi connectivity index (χ3v) is 3.52. The predicted octanol–water partition coefficient (Wildman–Crippen LogP) is 5.54. The summed E-state index contributed by atoms with van der Waals surface area (Å²) in [5, 5.41) is 0. The summed E-state index contributed by atoms with van der Waals surface area (Å²) in [4.78, 5) is 0. The molecule has 0 fully saturated rings. The summed E-state index contributed by atoms with van der Waals surface area (Å²) in [7, 11) is 0. The Morgan fingerprint density at radius 2 is 1.50 bits per heavy atom. The fourth-order valence-corrected chi connectivity index (χ4v) is 2.35. The van der Waals surface area contributed by atoms with Crippen molar-refractivity contribution in [2.75, 3.05) is 0 Å². The van der Waals surface area contributed by atoms with Gasteiger partial charge < -0.3 is 0 Å². The maximum atomic E-state index is 3.96. The first-order chi connectivity index (χ1) is 9.90. The molecule has 0 radical (unpaired) electrons. The molecule has 0 saturated carbocycles. The van der Waals surface area contributed by atoms with E-state index < -0.39 is 0 Å². The van der Waals surface area contributed by atoms with Crippen molar-refractivity contribution < 1.29 is 0 Å². The van der Waals surface area contributed by atoms with Crippen LogP contribution in [0.3, 0.4) is 0 Å². The molecule has 2 aromatic carbocycles. The normalized spacial score (nSPS) is 12.4. The SMILES string of the molecule is C=CC(CC/C=C/Cc1ccccc1)c1ccccc1. The number of hydrogen-bond acceptors (Lipinski definition) is 0. The zero-order valence-electron chi connectivity index (χ0n) is 11.9. The quantitative estimate of drug-likeness (QED) is 0.575. The Balaban J connectivity index is 1.78. The van der Waals surface area contributed by atoms with Crippen LogP contribution in [-0.2, 0) is 6.42 Å². The molecule has 0 heterocycles. The van der Waals surface area contributed by atoms with Crippen molar-refractivity contribution >= 4 is 0 Å². The van der Waals surface area contributed by atoms with Crippen molar-refractivity contribution in [1.82, 2.24) is 0 Å². The van der Waals surface area contributed by atoms with Gasteiger partial charge in [0.05, 0.1) is 0 Å². The van der Waals surface area contributed by atoms with Gasteiger partial charge in [0.15, 0.2) is 0 Å². The third kappa shape index (κ3) is 4.55. The van der Waals surface area contributed by atoms with Crippen LogP contribution in [-0.4, -0.2) is 0 Å². The number of rotatable bonds is 7. The molecule has 0 aliphatic carbocycles. The highest BCUT2D eigenvalue weighted by Crippen LogP contribution is 2.22. The van der Waals surface area contributed by atoms with Gasteiger partial charge >= 0.3 is 0 Å². The van der Waals surface area contributed by atoms with Gasteiger partial charge in [-0.1, -0.05) is 78.9 Å². The van der Waals surface area contributed by atoms with E-state index in [1.807, 2.05) is 0 Å². The van der Waals surface area contributed by atoms with E-state index in [2.05, 4.69) is 85.5 Å². The van der Waals surface area contributed by atoms with Crippen molar-refractivity contribution in [2.45, 2.75) is 25.2 Å². The summed E-state index contributed by atoms with van der Waals surface area (Å²) in [5.41, 5.74) is 2.73. The largest absolute Gasteiger partial charge is 0.102 e. The summed E-state index contributed by atoms with van der Waals surface area (Å²) >= 11 is 0. The average molecular weight is 262 g/mol. The van der Waals surface area contributed by atoms with Crippen LogP contribution < -0.4 is 0 Å². The molecular formula is C20H22. The molecule has 0 aliphatic rings. The predicted molar refractivity (Wildman–Crippen MR) is 87.9 cm³/mol. The Morgan fingerprint density at radius 1 is 0.850 bits per heavy atom. The minimum atomic E-state index is 0.456. The fraction of sp³-hybridized carbons (Fsp3) is 0.200. The van der Waals surface area contributed by atoms with Gasteiger partial charge in [-0.25, -0.2) is 0 Å². The average Bonchev–Trinajstić information content (AvgIpc) is 2.53. The van der Waals surface area contributed by atoms with E-state index in [1.165, 1.54) is 11.1 Å². The highest BCUT2D eigenvalue weighted by Gasteiger charge is 2.04. The van der Waals surface area contributed by atoms with Gasteiger partial charge in [-0.3, -0.25) is 0 Å². The van der Waals surface area contributed by atoms with Crippen LogP contribution in [0.4, 0.5) is 0 Å². The summed E-state index contributed by atoms with van der Waals surface area (Å²) in [6.07, 6.45) is 9.84. The summed E-state index contributed by atoms with van der Waals surface area (Å²) in [5.74, 6) is 0.456. The van der Waals surface area contributed by atoms with Crippen LogP contribution in [0.15, 0.2) is 85.5 Å². The van der Waals surface area contributed by atoms with Crippen molar-refractivity contribution in [3.63, 3.8) is 0 Å². The van der Waals surface area contributed by atoms with Gasteiger partial charge in [0.2, 0.25) is 0 Å². The smallest absolute Gasteiger partial charge is 0.00182 e. The first-order valence-electron chi connectivity index (χ1n) is 7.26. The molecule has 2 rings (SSSR count). The standard InChI is InChI=1S/C20H22/c1-2-19(20-16-10-5-11-17-20)15-9-4-8-14-18-12-6-3-7-13-18/h2-8,10-13,16-17,19H,1,9,14-15H2/b8-4+. The first kappa shape index (κ1) is 14.3. The molecule has 0 bridgehead atoms. The van der Waals surface area contributed by atoms with Gasteiger partial charge in [-0.2, -0.15) is 0 Å². The summed E-state index contributed by atoms with van der Waals surface area (Å²) in [6, 6.07) is 21.2. The molecule has 0 saturated heterocycles. The maximum absolute atomic E-state index is 3.96. The van der Waals surface area contributed by atoms with E-state index in [1.54, 1.807) is 0 Å². The Morgan fingerprint density at radius 3 is 2.15 bits per heavy atom. The van der Waals surface area contributed by atoms with Crippen LogP contribution >= 0.6 is 0 Å². The van der Waals surface area contributed by atoms with Crippen molar-refractivity contribution in [3.05, 3.63) is 96.6 Å². The van der Waals surface area contributed by atoms with Crippen molar-refractivity contribution in [1.29, 1.82) is 0 Å². The molecule has 0 nitrogen and oxygen atoms in total. The highest BCUT2D eigenvalue weighted by molar-refractivity contribution is 5.23. The topological polar surface area (TPSA) is 0 Å². The van der Waals surface area contributed by atoms with E-state index in [9.17, 15) is 0 Å². The number of benzene rings is 2. The minimum absolute atomic E-state index is 0.456. The molecular weight excluding hydrogens is 240 g/mol. The molecule has 0 spiro atoms. The summed E-state index contributed by atoms with van der Waals surface area (Å²) in [6.45, 7) is 3.96. The lowest BCUT2D eigenvalue weighted by Crippen LogP contribution is -1.93. The zero-order chi connectivity index (χ0) is 14.0. The van der Waals surface area contributed by atoms with Crippen LogP contribution in [0, 0.1) is 0 Å².